The first-order chi connectivity index (χ1) is 8.42. The molecule has 0 aliphatic carbocycles. The first-order valence-electron chi connectivity index (χ1n) is 5.22. The van der Waals surface area contributed by atoms with Gasteiger partial charge in [-0.2, -0.15) is 0 Å². The Balaban J connectivity index is 2.43. The van der Waals surface area contributed by atoms with Crippen molar-refractivity contribution in [1.82, 2.24) is 5.16 Å². The van der Waals surface area contributed by atoms with Crippen molar-refractivity contribution in [2.75, 3.05) is 10.5 Å². The number of nitrogens with two attached hydrogens (primary N) is 1. The van der Waals surface area contributed by atoms with Crippen LogP contribution in [0.2, 0.25) is 0 Å². The van der Waals surface area contributed by atoms with Gasteiger partial charge >= 0.3 is 0 Å². The predicted molar refractivity (Wildman–Crippen MR) is 67.6 cm³/mol. The van der Waals surface area contributed by atoms with Gasteiger partial charge < -0.3 is 10.3 Å². The summed E-state index contributed by atoms with van der Waals surface area (Å²) < 4.78 is 31.6. The molecule has 7 heteroatoms. The smallest absolute Gasteiger partial charge is 0.267 e. The molecule has 0 fully saturated rings. The zero-order valence-corrected chi connectivity index (χ0v) is 10.8. The molecule has 0 aliphatic heterocycles. The molecule has 0 unspecified atom stereocenters. The number of para-hydroxylation sites is 2. The van der Waals surface area contributed by atoms with Crippen LogP contribution in [0.15, 0.2) is 33.7 Å². The topological polar surface area (TPSA) is 98.2 Å². The third kappa shape index (κ3) is 2.17. The van der Waals surface area contributed by atoms with E-state index in [1.54, 1.807) is 38.1 Å². The summed E-state index contributed by atoms with van der Waals surface area (Å²) in [5.41, 5.74) is 6.69. The van der Waals surface area contributed by atoms with Gasteiger partial charge in [0, 0.05) is 0 Å². The Morgan fingerprint density at radius 3 is 2.50 bits per heavy atom. The first-order valence-corrected chi connectivity index (χ1v) is 6.70. The van der Waals surface area contributed by atoms with Crippen LogP contribution in [-0.2, 0) is 10.0 Å². The summed E-state index contributed by atoms with van der Waals surface area (Å²) in [6.07, 6.45) is 0. The van der Waals surface area contributed by atoms with Crippen LogP contribution in [0.1, 0.15) is 11.5 Å². The SMILES string of the molecule is Cc1noc(C)c1S(=O)(=O)Nc1ccccc1N. The number of anilines is 2. The van der Waals surface area contributed by atoms with Crippen molar-refractivity contribution in [1.29, 1.82) is 0 Å². The Hall–Kier alpha value is -2.02. The molecule has 2 rings (SSSR count). The molecule has 6 nitrogen and oxygen atoms in total. The number of hydrogen-bond donors (Lipinski definition) is 2. The van der Waals surface area contributed by atoms with E-state index in [4.69, 9.17) is 10.3 Å². The molecule has 0 spiro atoms. The quantitative estimate of drug-likeness (QED) is 0.824. The standard InChI is InChI=1S/C11H13N3O3S/c1-7-11(8(2)17-13-7)18(15,16)14-10-6-4-3-5-9(10)12/h3-6,14H,12H2,1-2H3. The van der Waals surface area contributed by atoms with E-state index in [1.807, 2.05) is 0 Å². The van der Waals surface area contributed by atoms with E-state index in [2.05, 4.69) is 9.88 Å². The minimum absolute atomic E-state index is 0.0470. The van der Waals surface area contributed by atoms with Gasteiger partial charge in [0.2, 0.25) is 0 Å². The van der Waals surface area contributed by atoms with Crippen molar-refractivity contribution in [3.05, 3.63) is 35.7 Å². The van der Waals surface area contributed by atoms with Gasteiger partial charge in [0.25, 0.3) is 10.0 Å². The average Bonchev–Trinajstić information content (AvgIpc) is 2.62. The number of aryl methyl sites for hydroxylation is 2. The molecule has 1 heterocycles. The van der Waals surface area contributed by atoms with E-state index in [0.29, 0.717) is 17.1 Å². The molecular weight excluding hydrogens is 254 g/mol. The summed E-state index contributed by atoms with van der Waals surface area (Å²) in [6.45, 7) is 3.11. The highest BCUT2D eigenvalue weighted by atomic mass is 32.2. The molecule has 3 N–H and O–H groups in total. The van der Waals surface area contributed by atoms with Crippen LogP contribution < -0.4 is 10.5 Å². The number of nitrogens with zero attached hydrogens (tertiary/aromatic N) is 1. The molecule has 0 amide bonds. The summed E-state index contributed by atoms with van der Waals surface area (Å²) in [4.78, 5) is 0.0470. The van der Waals surface area contributed by atoms with E-state index in [9.17, 15) is 8.42 Å². The lowest BCUT2D eigenvalue weighted by atomic mass is 10.3. The highest BCUT2D eigenvalue weighted by Crippen LogP contribution is 2.25. The Kier molecular flexibility index (Phi) is 3.00. The fourth-order valence-electron chi connectivity index (χ4n) is 1.64. The van der Waals surface area contributed by atoms with E-state index in [-0.39, 0.29) is 10.7 Å². The Morgan fingerprint density at radius 1 is 1.28 bits per heavy atom. The van der Waals surface area contributed by atoms with E-state index < -0.39 is 10.0 Å². The van der Waals surface area contributed by atoms with Crippen molar-refractivity contribution in [3.8, 4) is 0 Å². The van der Waals surface area contributed by atoms with Crippen LogP contribution in [0.25, 0.3) is 0 Å². The molecule has 0 aliphatic rings. The molecule has 0 radical (unpaired) electrons. The highest BCUT2D eigenvalue weighted by molar-refractivity contribution is 7.92. The number of nitrogens with one attached hydrogen (secondary N) is 1. The minimum atomic E-state index is -3.74. The molecule has 0 saturated heterocycles. The second kappa shape index (κ2) is 4.34. The van der Waals surface area contributed by atoms with Crippen LogP contribution in [0, 0.1) is 13.8 Å². The van der Waals surface area contributed by atoms with Crippen LogP contribution in [-0.4, -0.2) is 13.6 Å². The molecule has 18 heavy (non-hydrogen) atoms. The van der Waals surface area contributed by atoms with Crippen molar-refractivity contribution in [3.63, 3.8) is 0 Å². The molecule has 0 bridgehead atoms. The number of benzene rings is 1. The summed E-state index contributed by atoms with van der Waals surface area (Å²) in [5, 5.41) is 3.62. The number of sulfonamides is 1. The van der Waals surface area contributed by atoms with Crippen LogP contribution in [0.5, 0.6) is 0 Å². The summed E-state index contributed by atoms with van der Waals surface area (Å²) in [5.74, 6) is 0.245. The van der Waals surface area contributed by atoms with E-state index >= 15 is 0 Å². The lowest BCUT2D eigenvalue weighted by Gasteiger charge is -2.09. The Morgan fingerprint density at radius 2 is 1.94 bits per heavy atom. The van der Waals surface area contributed by atoms with Gasteiger partial charge in [-0.25, -0.2) is 8.42 Å². The third-order valence-electron chi connectivity index (χ3n) is 2.44. The number of aromatic nitrogens is 1. The fourth-order valence-corrected chi connectivity index (χ4v) is 3.06. The monoisotopic (exact) mass is 267 g/mol. The molecular formula is C11H13N3O3S. The molecule has 0 saturated carbocycles. The minimum Gasteiger partial charge on any atom is -0.397 e. The van der Waals surface area contributed by atoms with Gasteiger partial charge in [0.05, 0.1) is 11.4 Å². The molecule has 1 aromatic heterocycles. The third-order valence-corrected chi connectivity index (χ3v) is 4.05. The summed E-state index contributed by atoms with van der Waals surface area (Å²) in [7, 11) is -3.74. The molecule has 0 atom stereocenters. The maximum atomic E-state index is 12.2. The predicted octanol–water partition coefficient (Wildman–Crippen LogP) is 1.67. The number of nitrogen functional groups attached to an aromatic ring is 1. The fraction of sp³-hybridized carbons (Fsp3) is 0.182. The van der Waals surface area contributed by atoms with E-state index in [1.165, 1.54) is 0 Å². The van der Waals surface area contributed by atoms with Gasteiger partial charge in [-0.05, 0) is 26.0 Å². The van der Waals surface area contributed by atoms with Crippen LogP contribution in [0.3, 0.4) is 0 Å². The zero-order valence-electron chi connectivity index (χ0n) is 9.97. The second-order valence-electron chi connectivity index (χ2n) is 3.85. The number of rotatable bonds is 3. The lowest BCUT2D eigenvalue weighted by molar-refractivity contribution is 0.390. The maximum absolute atomic E-state index is 12.2. The molecule has 96 valence electrons. The summed E-state index contributed by atoms with van der Waals surface area (Å²) in [6, 6.07) is 6.63. The largest absolute Gasteiger partial charge is 0.397 e. The van der Waals surface area contributed by atoms with Crippen LogP contribution in [0.4, 0.5) is 11.4 Å². The second-order valence-corrected chi connectivity index (χ2v) is 5.47. The van der Waals surface area contributed by atoms with Gasteiger partial charge in [-0.15, -0.1) is 0 Å². The lowest BCUT2D eigenvalue weighted by Crippen LogP contribution is -2.15. The zero-order chi connectivity index (χ0) is 13.3. The Labute approximate surface area is 105 Å². The Bertz CT molecular complexity index is 657. The first kappa shape index (κ1) is 12.4. The van der Waals surface area contributed by atoms with Gasteiger partial charge in [-0.3, -0.25) is 4.72 Å². The van der Waals surface area contributed by atoms with Gasteiger partial charge in [0.15, 0.2) is 10.7 Å². The van der Waals surface area contributed by atoms with Gasteiger partial charge in [0.1, 0.15) is 5.69 Å². The highest BCUT2D eigenvalue weighted by Gasteiger charge is 2.24. The van der Waals surface area contributed by atoms with Crippen molar-refractivity contribution in [2.45, 2.75) is 18.7 Å². The van der Waals surface area contributed by atoms with Gasteiger partial charge in [-0.1, -0.05) is 17.3 Å². The molecule has 1 aromatic carbocycles. The molecule has 2 aromatic rings. The van der Waals surface area contributed by atoms with Crippen LogP contribution >= 0.6 is 0 Å². The van der Waals surface area contributed by atoms with E-state index in [0.717, 1.165) is 0 Å². The summed E-state index contributed by atoms with van der Waals surface area (Å²) >= 11 is 0. The number of hydrogen-bond acceptors (Lipinski definition) is 5. The van der Waals surface area contributed by atoms with Crippen molar-refractivity contribution < 1.29 is 12.9 Å². The average molecular weight is 267 g/mol. The van der Waals surface area contributed by atoms with Crippen molar-refractivity contribution in [2.24, 2.45) is 0 Å². The van der Waals surface area contributed by atoms with Crippen molar-refractivity contribution >= 4 is 21.4 Å². The normalized spacial score (nSPS) is 11.4. The maximum Gasteiger partial charge on any atom is 0.267 e.